The Balaban J connectivity index is 1.39. The summed E-state index contributed by atoms with van der Waals surface area (Å²) in [5, 5.41) is 1.12. The van der Waals surface area contributed by atoms with Crippen LogP contribution < -0.4 is 10.3 Å². The molecule has 37 heavy (non-hydrogen) atoms. The maximum absolute atomic E-state index is 13.9. The molecular formula is C28H23BrClN3O4. The van der Waals surface area contributed by atoms with Crippen molar-refractivity contribution in [1.29, 1.82) is 0 Å². The minimum Gasteiger partial charge on any atom is -0.489 e. The molecule has 188 valence electrons. The van der Waals surface area contributed by atoms with E-state index in [9.17, 15) is 9.59 Å². The highest BCUT2D eigenvalue weighted by Crippen LogP contribution is 2.33. The van der Waals surface area contributed by atoms with E-state index in [1.54, 1.807) is 15.5 Å². The minimum atomic E-state index is -0.253. The van der Waals surface area contributed by atoms with Gasteiger partial charge in [0.05, 0.1) is 28.0 Å². The van der Waals surface area contributed by atoms with Crippen LogP contribution in [0.5, 0.6) is 5.75 Å². The molecule has 0 aliphatic carbocycles. The Morgan fingerprint density at radius 2 is 1.86 bits per heavy atom. The van der Waals surface area contributed by atoms with Gasteiger partial charge in [-0.2, -0.15) is 0 Å². The lowest BCUT2D eigenvalue weighted by Gasteiger charge is -2.32. The predicted octanol–water partition coefficient (Wildman–Crippen LogP) is 5.89. The summed E-state index contributed by atoms with van der Waals surface area (Å²) in [4.78, 5) is 32.4. The molecule has 0 bridgehead atoms. The van der Waals surface area contributed by atoms with Crippen molar-refractivity contribution in [2.45, 2.75) is 31.5 Å². The predicted molar refractivity (Wildman–Crippen MR) is 145 cm³/mol. The number of carbonyl (C=O) groups is 1. The van der Waals surface area contributed by atoms with Crippen molar-refractivity contribution in [1.82, 2.24) is 14.5 Å². The van der Waals surface area contributed by atoms with Crippen LogP contribution in [-0.2, 0) is 11.3 Å². The van der Waals surface area contributed by atoms with E-state index in [1.807, 2.05) is 60.7 Å². The number of cyclic esters (lactones) is 1. The molecule has 0 N–H and O–H groups in total. The highest BCUT2D eigenvalue weighted by Gasteiger charge is 2.39. The number of amides is 1. The first kappa shape index (κ1) is 24.0. The molecule has 2 fully saturated rings. The summed E-state index contributed by atoms with van der Waals surface area (Å²) in [5.41, 5.74) is 2.23. The fourth-order valence-electron chi connectivity index (χ4n) is 4.99. The summed E-state index contributed by atoms with van der Waals surface area (Å²) >= 11 is 9.69. The van der Waals surface area contributed by atoms with Crippen molar-refractivity contribution < 1.29 is 14.3 Å². The largest absolute Gasteiger partial charge is 0.489 e. The lowest BCUT2D eigenvalue weighted by Crippen LogP contribution is -2.44. The van der Waals surface area contributed by atoms with Gasteiger partial charge in [-0.05, 0) is 45.8 Å². The third-order valence-corrected chi connectivity index (χ3v) is 7.76. The van der Waals surface area contributed by atoms with Gasteiger partial charge in [0.2, 0.25) is 0 Å². The maximum atomic E-state index is 13.9. The molecule has 7 nitrogen and oxygen atoms in total. The standard InChI is InChI=1S/C28H23BrClN3O4/c29-23-14-24-22(13-25(23)37-21-10-11-32-20(12-21)16-36-28(32)35)27(34)33(15-17-6-8-19(30)9-7-17)26(31-24)18-4-2-1-3-5-18/h1-9,13-14,20-21H,10-12,15-16H2/t20-,21-/m0/s1. The monoisotopic (exact) mass is 579 g/mol. The Labute approximate surface area is 226 Å². The van der Waals surface area contributed by atoms with E-state index < -0.39 is 0 Å². The van der Waals surface area contributed by atoms with Gasteiger partial charge in [0.1, 0.15) is 24.3 Å². The van der Waals surface area contributed by atoms with Gasteiger partial charge in [-0.15, -0.1) is 0 Å². The van der Waals surface area contributed by atoms with Crippen LogP contribution in [0, 0.1) is 0 Å². The lowest BCUT2D eigenvalue weighted by molar-refractivity contribution is 0.0931. The van der Waals surface area contributed by atoms with E-state index in [-0.39, 0.29) is 23.8 Å². The summed E-state index contributed by atoms with van der Waals surface area (Å²) in [6.07, 6.45) is 1.04. The number of nitrogens with zero attached hydrogens (tertiary/aromatic N) is 3. The summed E-state index contributed by atoms with van der Waals surface area (Å²) < 4.78 is 13.9. The highest BCUT2D eigenvalue weighted by molar-refractivity contribution is 9.10. The van der Waals surface area contributed by atoms with E-state index in [0.717, 1.165) is 15.6 Å². The molecular weight excluding hydrogens is 558 g/mol. The number of carbonyl (C=O) groups excluding carboxylic acids is 1. The SMILES string of the molecule is O=C1OC[C@@H]2C[C@@H](Oc3cc4c(=O)n(Cc5ccc(Cl)cc5)c(-c5ccccc5)nc4cc3Br)CCN12. The number of fused-ring (bicyclic) bond motifs is 2. The third kappa shape index (κ3) is 4.71. The fourth-order valence-corrected chi connectivity index (χ4v) is 5.54. The van der Waals surface area contributed by atoms with Crippen molar-refractivity contribution in [3.63, 3.8) is 0 Å². The average Bonchev–Trinajstić information content (AvgIpc) is 3.28. The Morgan fingerprint density at radius 1 is 1.08 bits per heavy atom. The molecule has 3 aromatic carbocycles. The average molecular weight is 581 g/mol. The number of ether oxygens (including phenoxy) is 2. The van der Waals surface area contributed by atoms with Crippen molar-refractivity contribution in [2.24, 2.45) is 0 Å². The molecule has 6 rings (SSSR count). The number of halogens is 2. The number of aromatic nitrogens is 2. The molecule has 9 heteroatoms. The van der Waals surface area contributed by atoms with E-state index in [2.05, 4.69) is 15.9 Å². The van der Waals surface area contributed by atoms with Gasteiger partial charge < -0.3 is 14.4 Å². The number of hydrogen-bond donors (Lipinski definition) is 0. The normalized spacial score (nSPS) is 19.1. The second kappa shape index (κ2) is 9.84. The Morgan fingerprint density at radius 3 is 2.65 bits per heavy atom. The van der Waals surface area contributed by atoms with Gasteiger partial charge >= 0.3 is 6.09 Å². The molecule has 0 unspecified atom stereocenters. The molecule has 3 heterocycles. The Hall–Kier alpha value is -3.36. The molecule has 0 saturated carbocycles. The number of hydrogen-bond acceptors (Lipinski definition) is 5. The van der Waals surface area contributed by atoms with E-state index in [4.69, 9.17) is 26.1 Å². The van der Waals surface area contributed by atoms with Crippen LogP contribution in [0.2, 0.25) is 5.02 Å². The summed E-state index contributed by atoms with van der Waals surface area (Å²) in [6.45, 7) is 1.33. The van der Waals surface area contributed by atoms with Gasteiger partial charge in [-0.25, -0.2) is 9.78 Å². The van der Waals surface area contributed by atoms with E-state index in [0.29, 0.717) is 60.0 Å². The maximum Gasteiger partial charge on any atom is 0.410 e. The minimum absolute atomic E-state index is 0.0252. The van der Waals surface area contributed by atoms with Crippen molar-refractivity contribution in [3.8, 4) is 17.1 Å². The van der Waals surface area contributed by atoms with Crippen LogP contribution in [0.3, 0.4) is 0 Å². The highest BCUT2D eigenvalue weighted by atomic mass is 79.9. The molecule has 1 amide bonds. The molecule has 0 spiro atoms. The zero-order valence-electron chi connectivity index (χ0n) is 19.8. The number of rotatable bonds is 5. The Bertz CT molecular complexity index is 1540. The molecule has 2 atom stereocenters. The van der Waals surface area contributed by atoms with Crippen LogP contribution in [0.25, 0.3) is 22.3 Å². The summed E-state index contributed by atoms with van der Waals surface area (Å²) in [5.74, 6) is 1.17. The summed E-state index contributed by atoms with van der Waals surface area (Å²) in [6, 6.07) is 20.8. The van der Waals surface area contributed by atoms with Crippen LogP contribution in [0.4, 0.5) is 4.79 Å². The smallest absolute Gasteiger partial charge is 0.410 e. The quantitative estimate of drug-likeness (QED) is 0.294. The van der Waals surface area contributed by atoms with Crippen LogP contribution in [0.1, 0.15) is 18.4 Å². The fraction of sp³-hybridized carbons (Fsp3) is 0.250. The van der Waals surface area contributed by atoms with Crippen molar-refractivity contribution >= 4 is 44.5 Å². The first-order valence-corrected chi connectivity index (χ1v) is 13.3. The van der Waals surface area contributed by atoms with Crippen molar-refractivity contribution in [3.05, 3.63) is 92.1 Å². The van der Waals surface area contributed by atoms with Crippen LogP contribution in [0.15, 0.2) is 76.0 Å². The first-order chi connectivity index (χ1) is 18.0. The van der Waals surface area contributed by atoms with Gasteiger partial charge in [0.15, 0.2) is 0 Å². The van der Waals surface area contributed by atoms with Crippen molar-refractivity contribution in [2.75, 3.05) is 13.2 Å². The molecule has 2 aliphatic heterocycles. The number of benzene rings is 3. The topological polar surface area (TPSA) is 73.7 Å². The zero-order chi connectivity index (χ0) is 25.5. The van der Waals surface area contributed by atoms with Crippen LogP contribution >= 0.6 is 27.5 Å². The van der Waals surface area contributed by atoms with Gasteiger partial charge in [0, 0.05) is 30.0 Å². The molecule has 1 aromatic heterocycles. The van der Waals surface area contributed by atoms with Crippen LogP contribution in [-0.4, -0.2) is 45.8 Å². The van der Waals surface area contributed by atoms with Gasteiger partial charge in [-0.1, -0.05) is 54.1 Å². The first-order valence-electron chi connectivity index (χ1n) is 12.1. The lowest BCUT2D eigenvalue weighted by atomic mass is 10.0. The molecule has 4 aromatic rings. The van der Waals surface area contributed by atoms with Gasteiger partial charge in [-0.3, -0.25) is 9.36 Å². The third-order valence-electron chi connectivity index (χ3n) is 6.89. The number of piperidine rings is 1. The second-order valence-electron chi connectivity index (χ2n) is 9.31. The van der Waals surface area contributed by atoms with Gasteiger partial charge in [0.25, 0.3) is 5.56 Å². The molecule has 2 aliphatic rings. The zero-order valence-corrected chi connectivity index (χ0v) is 22.1. The molecule has 2 saturated heterocycles. The second-order valence-corrected chi connectivity index (χ2v) is 10.6. The molecule has 0 radical (unpaired) electrons. The summed E-state index contributed by atoms with van der Waals surface area (Å²) in [7, 11) is 0. The van der Waals surface area contributed by atoms with E-state index >= 15 is 0 Å². The van der Waals surface area contributed by atoms with E-state index in [1.165, 1.54) is 0 Å². The Kier molecular flexibility index (Phi) is 6.38.